The molecule has 2 aromatic carbocycles. The quantitative estimate of drug-likeness (QED) is 0.862. The molecule has 0 spiro atoms. The Kier molecular flexibility index (Phi) is 3.23. The van der Waals surface area contributed by atoms with Crippen LogP contribution in [-0.4, -0.2) is 27.1 Å². The van der Waals surface area contributed by atoms with Crippen molar-refractivity contribution in [3.63, 3.8) is 0 Å². The van der Waals surface area contributed by atoms with E-state index < -0.39 is 10.1 Å². The first-order valence-electron chi connectivity index (χ1n) is 5.18. The van der Waals surface area contributed by atoms with Gasteiger partial charge in [0.05, 0.1) is 10.7 Å². The SMILES string of the molecule is CN(C)c1cc2ccccc2c(Cl)c1S(=O)(=O)O. The van der Waals surface area contributed by atoms with Crippen LogP contribution in [0.5, 0.6) is 0 Å². The number of nitrogens with zero attached hydrogens (tertiary/aromatic N) is 1. The molecular formula is C12H12ClNO3S. The molecule has 1 N–H and O–H groups in total. The van der Waals surface area contributed by atoms with Crippen LogP contribution in [-0.2, 0) is 10.1 Å². The van der Waals surface area contributed by atoms with E-state index in [2.05, 4.69) is 0 Å². The third-order valence-corrected chi connectivity index (χ3v) is 4.10. The minimum Gasteiger partial charge on any atom is -0.376 e. The van der Waals surface area contributed by atoms with Gasteiger partial charge in [-0.2, -0.15) is 8.42 Å². The van der Waals surface area contributed by atoms with Crippen LogP contribution in [0.2, 0.25) is 5.02 Å². The summed E-state index contributed by atoms with van der Waals surface area (Å²) in [6, 6.07) is 8.83. The Hall–Kier alpha value is -1.30. The molecule has 0 aromatic heterocycles. The molecule has 0 bridgehead atoms. The van der Waals surface area contributed by atoms with Crippen molar-refractivity contribution in [2.75, 3.05) is 19.0 Å². The zero-order chi connectivity index (χ0) is 13.5. The first kappa shape index (κ1) is 13.1. The molecule has 0 heterocycles. The molecule has 0 radical (unpaired) electrons. The summed E-state index contributed by atoms with van der Waals surface area (Å²) >= 11 is 6.11. The highest BCUT2D eigenvalue weighted by atomic mass is 35.5. The molecular weight excluding hydrogens is 274 g/mol. The van der Waals surface area contributed by atoms with E-state index in [0.717, 1.165) is 5.39 Å². The van der Waals surface area contributed by atoms with Gasteiger partial charge in [0.2, 0.25) is 0 Å². The summed E-state index contributed by atoms with van der Waals surface area (Å²) in [5, 5.41) is 1.45. The van der Waals surface area contributed by atoms with Crippen molar-refractivity contribution >= 4 is 38.2 Å². The van der Waals surface area contributed by atoms with E-state index in [9.17, 15) is 13.0 Å². The Balaban J connectivity index is 2.98. The van der Waals surface area contributed by atoms with Crippen LogP contribution in [0.1, 0.15) is 0 Å². The number of halogens is 1. The summed E-state index contributed by atoms with van der Waals surface area (Å²) in [5.74, 6) is 0. The van der Waals surface area contributed by atoms with Gasteiger partial charge in [0.25, 0.3) is 10.1 Å². The second kappa shape index (κ2) is 4.42. The van der Waals surface area contributed by atoms with Gasteiger partial charge in [-0.3, -0.25) is 4.55 Å². The zero-order valence-corrected chi connectivity index (χ0v) is 11.5. The van der Waals surface area contributed by atoms with Gasteiger partial charge in [0, 0.05) is 19.5 Å². The van der Waals surface area contributed by atoms with E-state index in [4.69, 9.17) is 11.6 Å². The number of rotatable bonds is 2. The van der Waals surface area contributed by atoms with Gasteiger partial charge in [-0.05, 0) is 11.5 Å². The Morgan fingerprint density at radius 3 is 2.39 bits per heavy atom. The lowest BCUT2D eigenvalue weighted by Crippen LogP contribution is -2.14. The third-order valence-electron chi connectivity index (χ3n) is 2.66. The topological polar surface area (TPSA) is 57.6 Å². The molecule has 0 atom stereocenters. The van der Waals surface area contributed by atoms with E-state index in [0.29, 0.717) is 11.1 Å². The molecule has 2 rings (SSSR count). The van der Waals surface area contributed by atoms with Crippen LogP contribution in [0, 0.1) is 0 Å². The van der Waals surface area contributed by atoms with Crippen molar-refractivity contribution in [1.29, 1.82) is 0 Å². The van der Waals surface area contributed by atoms with Crippen molar-refractivity contribution in [2.24, 2.45) is 0 Å². The predicted octanol–water partition coefficient (Wildman–Crippen LogP) is 2.81. The van der Waals surface area contributed by atoms with Gasteiger partial charge >= 0.3 is 0 Å². The Bertz CT molecular complexity index is 711. The normalized spacial score (nSPS) is 11.8. The number of fused-ring (bicyclic) bond motifs is 1. The molecule has 2 aromatic rings. The fourth-order valence-electron chi connectivity index (χ4n) is 1.85. The highest BCUT2D eigenvalue weighted by Crippen LogP contribution is 2.37. The lowest BCUT2D eigenvalue weighted by Gasteiger charge is -2.18. The molecule has 0 unspecified atom stereocenters. The van der Waals surface area contributed by atoms with Gasteiger partial charge in [-0.1, -0.05) is 35.9 Å². The van der Waals surface area contributed by atoms with Gasteiger partial charge in [0.15, 0.2) is 0 Å². The van der Waals surface area contributed by atoms with E-state index in [1.54, 1.807) is 37.2 Å². The average molecular weight is 286 g/mol. The summed E-state index contributed by atoms with van der Waals surface area (Å²) in [7, 11) is -0.995. The molecule has 0 aliphatic rings. The minimum atomic E-state index is -4.37. The lowest BCUT2D eigenvalue weighted by atomic mass is 10.1. The Labute approximate surface area is 111 Å². The molecule has 4 nitrogen and oxygen atoms in total. The molecule has 0 saturated heterocycles. The van der Waals surface area contributed by atoms with Crippen molar-refractivity contribution in [3.05, 3.63) is 35.4 Å². The van der Waals surface area contributed by atoms with Crippen molar-refractivity contribution in [2.45, 2.75) is 4.90 Å². The number of benzene rings is 2. The van der Waals surface area contributed by atoms with Crippen LogP contribution in [0.3, 0.4) is 0 Å². The summed E-state index contributed by atoms with van der Waals surface area (Å²) < 4.78 is 32.3. The number of hydrogen-bond donors (Lipinski definition) is 1. The molecule has 96 valence electrons. The summed E-state index contributed by atoms with van der Waals surface area (Å²) in [5.41, 5.74) is 0.362. The second-order valence-electron chi connectivity index (χ2n) is 4.13. The highest BCUT2D eigenvalue weighted by molar-refractivity contribution is 7.86. The van der Waals surface area contributed by atoms with Crippen molar-refractivity contribution < 1.29 is 13.0 Å². The maximum Gasteiger partial charge on any atom is 0.298 e. The fourth-order valence-corrected chi connectivity index (χ4v) is 3.25. The number of anilines is 1. The van der Waals surface area contributed by atoms with Crippen molar-refractivity contribution in [3.8, 4) is 0 Å². The van der Waals surface area contributed by atoms with E-state index in [1.165, 1.54) is 0 Å². The summed E-state index contributed by atoms with van der Waals surface area (Å²) in [4.78, 5) is 1.34. The number of hydrogen-bond acceptors (Lipinski definition) is 3. The first-order chi connectivity index (χ1) is 8.32. The third kappa shape index (κ3) is 2.16. The van der Waals surface area contributed by atoms with Crippen LogP contribution >= 0.6 is 11.6 Å². The zero-order valence-electron chi connectivity index (χ0n) is 9.88. The van der Waals surface area contributed by atoms with E-state index in [-0.39, 0.29) is 9.92 Å². The monoisotopic (exact) mass is 285 g/mol. The largest absolute Gasteiger partial charge is 0.376 e. The smallest absolute Gasteiger partial charge is 0.298 e. The van der Waals surface area contributed by atoms with Crippen LogP contribution < -0.4 is 4.90 Å². The molecule has 18 heavy (non-hydrogen) atoms. The molecule has 0 fully saturated rings. The van der Waals surface area contributed by atoms with Gasteiger partial charge < -0.3 is 4.90 Å². The first-order valence-corrected chi connectivity index (χ1v) is 7.00. The van der Waals surface area contributed by atoms with Gasteiger partial charge in [0.1, 0.15) is 4.90 Å². The summed E-state index contributed by atoms with van der Waals surface area (Å²) in [6.07, 6.45) is 0. The minimum absolute atomic E-state index is 0.0410. The molecule has 0 saturated carbocycles. The van der Waals surface area contributed by atoms with Gasteiger partial charge in [-0.25, -0.2) is 0 Å². The molecule has 6 heteroatoms. The summed E-state index contributed by atoms with van der Waals surface area (Å²) in [6.45, 7) is 0. The Morgan fingerprint density at radius 2 is 1.83 bits per heavy atom. The lowest BCUT2D eigenvalue weighted by molar-refractivity contribution is 0.483. The maximum absolute atomic E-state index is 11.5. The van der Waals surface area contributed by atoms with Crippen LogP contribution in [0.25, 0.3) is 10.8 Å². The Morgan fingerprint density at radius 1 is 1.22 bits per heavy atom. The maximum atomic E-state index is 11.5. The van der Waals surface area contributed by atoms with E-state index >= 15 is 0 Å². The average Bonchev–Trinajstić information content (AvgIpc) is 2.27. The highest BCUT2D eigenvalue weighted by Gasteiger charge is 2.23. The van der Waals surface area contributed by atoms with E-state index in [1.807, 2.05) is 12.1 Å². The second-order valence-corrected chi connectivity index (χ2v) is 5.87. The standard InChI is InChI=1S/C12H12ClNO3S/c1-14(2)10-7-8-5-3-4-6-9(8)11(13)12(10)18(15,16)17/h3-7H,1-2H3,(H,15,16,17). The predicted molar refractivity (Wildman–Crippen MR) is 73.1 cm³/mol. The molecule has 0 aliphatic heterocycles. The van der Waals surface area contributed by atoms with Gasteiger partial charge in [-0.15, -0.1) is 0 Å². The molecule has 0 aliphatic carbocycles. The van der Waals surface area contributed by atoms with Crippen LogP contribution in [0.4, 0.5) is 5.69 Å². The fraction of sp³-hybridized carbons (Fsp3) is 0.167. The van der Waals surface area contributed by atoms with Crippen molar-refractivity contribution in [1.82, 2.24) is 0 Å². The molecule has 0 amide bonds. The van der Waals surface area contributed by atoms with Crippen LogP contribution in [0.15, 0.2) is 35.2 Å².